The molecular weight excluding hydrogens is 373 g/mol. The van der Waals surface area contributed by atoms with Crippen LogP contribution in [-0.4, -0.2) is 21.5 Å². The zero-order valence-corrected chi connectivity index (χ0v) is 15.0. The molecule has 0 saturated heterocycles. The van der Waals surface area contributed by atoms with Crippen LogP contribution in [0, 0.1) is 5.82 Å². The van der Waals surface area contributed by atoms with Crippen molar-refractivity contribution in [1.82, 2.24) is 9.78 Å². The van der Waals surface area contributed by atoms with Crippen molar-refractivity contribution in [2.24, 2.45) is 0 Å². The molecule has 0 fully saturated rings. The Hall–Kier alpha value is -3.19. The Morgan fingerprint density at radius 3 is 2.59 bits per heavy atom. The molecule has 0 saturated carbocycles. The Morgan fingerprint density at radius 2 is 1.93 bits per heavy atom. The Balaban J connectivity index is 1.59. The molecule has 1 heterocycles. The normalized spacial score (nSPS) is 10.5. The minimum atomic E-state index is -0.529. The van der Waals surface area contributed by atoms with Gasteiger partial charge in [-0.1, -0.05) is 11.6 Å². The first-order valence-electron chi connectivity index (χ1n) is 7.96. The molecule has 0 atom stereocenters. The summed E-state index contributed by atoms with van der Waals surface area (Å²) in [7, 11) is 0. The molecular formula is C19H15ClFN3O3. The van der Waals surface area contributed by atoms with Crippen LogP contribution >= 0.6 is 11.6 Å². The second-order valence-corrected chi connectivity index (χ2v) is 6.08. The van der Waals surface area contributed by atoms with Crippen LogP contribution < -0.4 is 10.1 Å². The smallest absolute Gasteiger partial charge is 0.276 e. The molecule has 1 aromatic heterocycles. The van der Waals surface area contributed by atoms with Gasteiger partial charge in [0.15, 0.2) is 18.2 Å². The van der Waals surface area contributed by atoms with Crippen molar-refractivity contribution in [1.29, 1.82) is 0 Å². The number of halogens is 2. The number of ether oxygens (including phenoxy) is 1. The SMILES string of the molecule is CC(=O)c1ccc(NC(=O)c2ccn(COc3ccc(F)c(Cl)c3)n2)cc1. The average molecular weight is 388 g/mol. The van der Waals surface area contributed by atoms with Crippen LogP contribution in [0.5, 0.6) is 5.75 Å². The van der Waals surface area contributed by atoms with Gasteiger partial charge in [-0.15, -0.1) is 0 Å². The molecule has 8 heteroatoms. The molecule has 2 aromatic carbocycles. The fraction of sp³-hybridized carbons (Fsp3) is 0.105. The molecule has 3 rings (SSSR count). The van der Waals surface area contributed by atoms with Crippen molar-refractivity contribution in [3.8, 4) is 5.75 Å². The van der Waals surface area contributed by atoms with Crippen molar-refractivity contribution in [3.63, 3.8) is 0 Å². The van der Waals surface area contributed by atoms with Gasteiger partial charge < -0.3 is 10.1 Å². The molecule has 0 aliphatic carbocycles. The molecule has 1 amide bonds. The summed E-state index contributed by atoms with van der Waals surface area (Å²) in [6.07, 6.45) is 1.58. The number of hydrogen-bond acceptors (Lipinski definition) is 4. The Kier molecular flexibility index (Phi) is 5.52. The number of ketones is 1. The van der Waals surface area contributed by atoms with E-state index in [2.05, 4.69) is 10.4 Å². The Bertz CT molecular complexity index is 986. The van der Waals surface area contributed by atoms with Crippen LogP contribution in [-0.2, 0) is 6.73 Å². The van der Waals surface area contributed by atoms with Crippen LogP contribution in [0.25, 0.3) is 0 Å². The van der Waals surface area contributed by atoms with Crippen molar-refractivity contribution in [2.75, 3.05) is 5.32 Å². The summed E-state index contributed by atoms with van der Waals surface area (Å²) in [6, 6.07) is 12.1. The first-order valence-corrected chi connectivity index (χ1v) is 8.34. The first kappa shape index (κ1) is 18.6. The zero-order valence-electron chi connectivity index (χ0n) is 14.3. The van der Waals surface area contributed by atoms with E-state index in [1.165, 1.54) is 29.8 Å². The predicted molar refractivity (Wildman–Crippen MR) is 98.7 cm³/mol. The summed E-state index contributed by atoms with van der Waals surface area (Å²) in [5.74, 6) is -0.588. The molecule has 0 bridgehead atoms. The number of anilines is 1. The van der Waals surface area contributed by atoms with Crippen LogP contribution in [0.15, 0.2) is 54.7 Å². The summed E-state index contributed by atoms with van der Waals surface area (Å²) >= 11 is 5.70. The minimum absolute atomic E-state index is 0.0303. The monoisotopic (exact) mass is 387 g/mol. The van der Waals surface area contributed by atoms with Gasteiger partial charge in [0.1, 0.15) is 11.6 Å². The summed E-state index contributed by atoms with van der Waals surface area (Å²) in [4.78, 5) is 23.5. The lowest BCUT2D eigenvalue weighted by Gasteiger charge is -2.07. The van der Waals surface area contributed by atoms with E-state index in [0.717, 1.165) is 0 Å². The molecule has 0 aliphatic heterocycles. The number of hydrogen-bond donors (Lipinski definition) is 1. The summed E-state index contributed by atoms with van der Waals surface area (Å²) in [5, 5.41) is 6.79. The van der Waals surface area contributed by atoms with Gasteiger partial charge in [0.2, 0.25) is 0 Å². The fourth-order valence-electron chi connectivity index (χ4n) is 2.25. The number of carbonyl (C=O) groups is 2. The number of benzene rings is 2. The number of Topliss-reactive ketones (excluding diaryl/α,β-unsaturated/α-hetero) is 1. The molecule has 0 radical (unpaired) electrons. The number of nitrogens with one attached hydrogen (secondary N) is 1. The van der Waals surface area contributed by atoms with E-state index in [4.69, 9.17) is 16.3 Å². The first-order chi connectivity index (χ1) is 12.9. The number of aromatic nitrogens is 2. The summed E-state index contributed by atoms with van der Waals surface area (Å²) < 4.78 is 20.0. The molecule has 138 valence electrons. The molecule has 6 nitrogen and oxygen atoms in total. The van der Waals surface area contributed by atoms with Crippen molar-refractivity contribution < 1.29 is 18.7 Å². The van der Waals surface area contributed by atoms with Gasteiger partial charge in [-0.25, -0.2) is 9.07 Å². The topological polar surface area (TPSA) is 73.2 Å². The van der Waals surface area contributed by atoms with E-state index in [-0.39, 0.29) is 23.2 Å². The predicted octanol–water partition coefficient (Wildman–Crippen LogP) is 4.17. The van der Waals surface area contributed by atoms with Gasteiger partial charge in [-0.2, -0.15) is 5.10 Å². The van der Waals surface area contributed by atoms with Gasteiger partial charge in [0.05, 0.1) is 5.02 Å². The molecule has 0 spiro atoms. The standard InChI is InChI=1S/C19H15ClFN3O3/c1-12(25)13-2-4-14(5-3-13)22-19(26)18-8-9-24(23-18)11-27-15-6-7-17(21)16(20)10-15/h2-10H,11H2,1H3,(H,22,26). The van der Waals surface area contributed by atoms with Gasteiger partial charge in [0, 0.05) is 23.5 Å². The molecule has 27 heavy (non-hydrogen) atoms. The second kappa shape index (κ2) is 8.01. The Labute approximate surface area is 159 Å². The maximum absolute atomic E-state index is 13.1. The van der Waals surface area contributed by atoms with E-state index in [0.29, 0.717) is 17.0 Å². The van der Waals surface area contributed by atoms with Gasteiger partial charge >= 0.3 is 0 Å². The number of amides is 1. The van der Waals surface area contributed by atoms with Crippen molar-refractivity contribution >= 4 is 29.0 Å². The van der Waals surface area contributed by atoms with Crippen LogP contribution in [0.1, 0.15) is 27.8 Å². The number of carbonyl (C=O) groups excluding carboxylic acids is 2. The second-order valence-electron chi connectivity index (χ2n) is 5.68. The minimum Gasteiger partial charge on any atom is -0.471 e. The van der Waals surface area contributed by atoms with E-state index in [1.807, 2.05) is 0 Å². The maximum atomic E-state index is 13.1. The Morgan fingerprint density at radius 1 is 1.19 bits per heavy atom. The average Bonchev–Trinajstić information content (AvgIpc) is 3.12. The highest BCUT2D eigenvalue weighted by Crippen LogP contribution is 2.21. The van der Waals surface area contributed by atoms with Crippen LogP contribution in [0.3, 0.4) is 0 Å². The highest BCUT2D eigenvalue weighted by molar-refractivity contribution is 6.30. The maximum Gasteiger partial charge on any atom is 0.276 e. The zero-order chi connectivity index (χ0) is 19.4. The van der Waals surface area contributed by atoms with E-state index in [9.17, 15) is 14.0 Å². The van der Waals surface area contributed by atoms with Gasteiger partial charge in [-0.3, -0.25) is 9.59 Å². The van der Waals surface area contributed by atoms with E-state index < -0.39 is 11.7 Å². The third-order valence-corrected chi connectivity index (χ3v) is 3.97. The summed E-state index contributed by atoms with van der Waals surface area (Å²) in [6.45, 7) is 1.50. The lowest BCUT2D eigenvalue weighted by molar-refractivity contribution is 0.101. The largest absolute Gasteiger partial charge is 0.471 e. The highest BCUT2D eigenvalue weighted by atomic mass is 35.5. The van der Waals surface area contributed by atoms with Gasteiger partial charge in [0.25, 0.3) is 5.91 Å². The lowest BCUT2D eigenvalue weighted by Crippen LogP contribution is -2.14. The molecule has 3 aromatic rings. The number of rotatable bonds is 6. The molecule has 0 unspecified atom stereocenters. The van der Waals surface area contributed by atoms with Crippen LogP contribution in [0.4, 0.5) is 10.1 Å². The highest BCUT2D eigenvalue weighted by Gasteiger charge is 2.11. The molecule has 0 aliphatic rings. The van der Waals surface area contributed by atoms with Crippen molar-refractivity contribution in [3.05, 3.63) is 76.8 Å². The summed E-state index contributed by atoms with van der Waals surface area (Å²) in [5.41, 5.74) is 1.32. The third-order valence-electron chi connectivity index (χ3n) is 3.68. The van der Waals surface area contributed by atoms with Gasteiger partial charge in [-0.05, 0) is 49.4 Å². The number of nitrogens with zero attached hydrogens (tertiary/aromatic N) is 2. The van der Waals surface area contributed by atoms with E-state index in [1.54, 1.807) is 36.5 Å². The molecule has 1 N–H and O–H groups in total. The van der Waals surface area contributed by atoms with Crippen molar-refractivity contribution in [2.45, 2.75) is 13.7 Å². The fourth-order valence-corrected chi connectivity index (χ4v) is 2.42. The van der Waals surface area contributed by atoms with Crippen LogP contribution in [0.2, 0.25) is 5.02 Å². The lowest BCUT2D eigenvalue weighted by atomic mass is 10.1. The van der Waals surface area contributed by atoms with E-state index >= 15 is 0 Å². The third kappa shape index (κ3) is 4.71. The quantitative estimate of drug-likeness (QED) is 0.644.